The van der Waals surface area contributed by atoms with E-state index in [0.29, 0.717) is 34.0 Å². The summed E-state index contributed by atoms with van der Waals surface area (Å²) in [7, 11) is 3.05. The van der Waals surface area contributed by atoms with Gasteiger partial charge in [-0.25, -0.2) is 4.98 Å². The predicted molar refractivity (Wildman–Crippen MR) is 135 cm³/mol. The highest BCUT2D eigenvalue weighted by molar-refractivity contribution is 7.13. The van der Waals surface area contributed by atoms with Crippen molar-refractivity contribution in [2.75, 3.05) is 32.6 Å². The molecular weight excluding hydrogens is 452 g/mol. The van der Waals surface area contributed by atoms with Crippen LogP contribution < -0.4 is 20.1 Å². The molecule has 2 aromatic rings. The fourth-order valence-electron chi connectivity index (χ4n) is 4.47. The van der Waals surface area contributed by atoms with Gasteiger partial charge >= 0.3 is 0 Å². The molecule has 1 aliphatic heterocycles. The number of benzene rings is 1. The van der Waals surface area contributed by atoms with Crippen molar-refractivity contribution in [2.45, 2.75) is 46.7 Å². The summed E-state index contributed by atoms with van der Waals surface area (Å²) in [5.41, 5.74) is 1.31. The number of carbonyl (C=O) groups is 2. The number of anilines is 1. The summed E-state index contributed by atoms with van der Waals surface area (Å²) in [6.07, 6.45) is 1.26. The second kappa shape index (κ2) is 11.7. The second-order valence-corrected chi connectivity index (χ2v) is 10.4. The van der Waals surface area contributed by atoms with E-state index in [-0.39, 0.29) is 17.7 Å². The second-order valence-electron chi connectivity index (χ2n) is 9.57. The Hall–Kier alpha value is -2.65. The van der Waals surface area contributed by atoms with Gasteiger partial charge in [0.2, 0.25) is 5.91 Å². The summed E-state index contributed by atoms with van der Waals surface area (Å²) in [4.78, 5) is 33.0. The molecule has 1 saturated heterocycles. The van der Waals surface area contributed by atoms with Gasteiger partial charge in [-0.05, 0) is 36.3 Å². The molecule has 1 aromatic carbocycles. The molecule has 1 aromatic heterocycles. The molecule has 3 atom stereocenters. The monoisotopic (exact) mass is 488 g/mol. The predicted octanol–water partition coefficient (Wildman–Crippen LogP) is 4.03. The van der Waals surface area contributed by atoms with E-state index in [1.807, 2.05) is 19.2 Å². The van der Waals surface area contributed by atoms with Crippen LogP contribution in [0, 0.1) is 17.8 Å². The molecule has 0 aliphatic carbocycles. The van der Waals surface area contributed by atoms with Crippen molar-refractivity contribution in [3.05, 3.63) is 34.8 Å². The molecule has 0 saturated carbocycles. The number of carbonyl (C=O) groups excluding carboxylic acids is 2. The summed E-state index contributed by atoms with van der Waals surface area (Å²) in [5.74, 6) is 1.58. The van der Waals surface area contributed by atoms with Crippen molar-refractivity contribution in [2.24, 2.45) is 17.8 Å². The van der Waals surface area contributed by atoms with Crippen LogP contribution in [-0.4, -0.2) is 55.0 Å². The van der Waals surface area contributed by atoms with Crippen LogP contribution in [0.2, 0.25) is 0 Å². The number of amides is 2. The molecule has 0 radical (unpaired) electrons. The molecule has 1 fully saturated rings. The van der Waals surface area contributed by atoms with Crippen molar-refractivity contribution in [3.63, 3.8) is 0 Å². The van der Waals surface area contributed by atoms with Crippen molar-refractivity contribution in [1.29, 1.82) is 0 Å². The molecular formula is C25H36N4O4S. The third kappa shape index (κ3) is 6.93. The highest BCUT2D eigenvalue weighted by atomic mass is 32.1. The average Bonchev–Trinajstić information content (AvgIpc) is 3.22. The van der Waals surface area contributed by atoms with Crippen LogP contribution in [0.5, 0.6) is 11.5 Å². The van der Waals surface area contributed by atoms with Gasteiger partial charge in [-0.15, -0.1) is 11.3 Å². The number of methoxy groups -OCH3 is 2. The van der Waals surface area contributed by atoms with Crippen molar-refractivity contribution >= 4 is 28.3 Å². The Morgan fingerprint density at radius 1 is 1.12 bits per heavy atom. The fourth-order valence-corrected chi connectivity index (χ4v) is 5.17. The molecule has 2 amide bonds. The van der Waals surface area contributed by atoms with Crippen LogP contribution >= 0.6 is 11.3 Å². The molecule has 0 spiro atoms. The van der Waals surface area contributed by atoms with Gasteiger partial charge in [-0.1, -0.05) is 27.7 Å². The van der Waals surface area contributed by atoms with E-state index in [9.17, 15) is 9.59 Å². The lowest BCUT2D eigenvalue weighted by molar-refractivity contribution is -0.118. The summed E-state index contributed by atoms with van der Waals surface area (Å²) >= 11 is 1.41. The van der Waals surface area contributed by atoms with Crippen LogP contribution in [0.15, 0.2) is 23.6 Å². The Bertz CT molecular complexity index is 961. The molecule has 2 N–H and O–H groups in total. The molecule has 2 heterocycles. The maximum absolute atomic E-state index is 13.0. The standard InChI is InChI=1S/C25H36N4O4S/c1-15(2)22(27-23(30)18-8-20(32-5)10-21(9-18)33-6)24(31)28-25-26-19(14-34-25)13-29-11-16(3)7-17(4)12-29/h8-10,14-17,22H,7,11-13H2,1-6H3,(H,27,30)(H,26,28,31)/t16-,17-,22+/m1/s1. The van der Waals surface area contributed by atoms with E-state index in [4.69, 9.17) is 9.47 Å². The SMILES string of the molecule is COc1cc(OC)cc(C(=O)N[C@H](C(=O)Nc2nc(CN3C[C@H](C)C[C@@H](C)C3)cs2)C(C)C)c1. The quantitative estimate of drug-likeness (QED) is 0.554. The summed E-state index contributed by atoms with van der Waals surface area (Å²) < 4.78 is 10.5. The van der Waals surface area contributed by atoms with Crippen LogP contribution in [0.25, 0.3) is 0 Å². The zero-order valence-electron chi connectivity index (χ0n) is 20.9. The van der Waals surface area contributed by atoms with E-state index in [2.05, 4.69) is 34.4 Å². The molecule has 1 aliphatic rings. The number of likely N-dealkylation sites (tertiary alicyclic amines) is 1. The highest BCUT2D eigenvalue weighted by Gasteiger charge is 2.27. The van der Waals surface area contributed by atoms with Gasteiger partial charge in [-0.2, -0.15) is 0 Å². The molecule has 0 unspecified atom stereocenters. The first-order chi connectivity index (χ1) is 16.2. The maximum Gasteiger partial charge on any atom is 0.252 e. The van der Waals surface area contributed by atoms with Gasteiger partial charge in [0.05, 0.1) is 19.9 Å². The lowest BCUT2D eigenvalue weighted by atomic mass is 9.92. The Morgan fingerprint density at radius 3 is 2.29 bits per heavy atom. The number of rotatable bonds is 9. The third-order valence-electron chi connectivity index (χ3n) is 5.96. The van der Waals surface area contributed by atoms with Gasteiger partial charge in [0.1, 0.15) is 17.5 Å². The molecule has 9 heteroatoms. The number of nitrogens with zero attached hydrogens (tertiary/aromatic N) is 2. The number of hydrogen-bond donors (Lipinski definition) is 2. The smallest absolute Gasteiger partial charge is 0.252 e. The number of nitrogens with one attached hydrogen (secondary N) is 2. The zero-order valence-corrected chi connectivity index (χ0v) is 21.7. The number of thiazole rings is 1. The van der Waals surface area contributed by atoms with Crippen molar-refractivity contribution < 1.29 is 19.1 Å². The minimum atomic E-state index is -0.721. The van der Waals surface area contributed by atoms with Gasteiger partial charge in [-0.3, -0.25) is 14.5 Å². The maximum atomic E-state index is 13.0. The molecule has 34 heavy (non-hydrogen) atoms. The van der Waals surface area contributed by atoms with Crippen molar-refractivity contribution in [3.8, 4) is 11.5 Å². The van der Waals surface area contributed by atoms with E-state index in [0.717, 1.165) is 25.3 Å². The first-order valence-electron chi connectivity index (χ1n) is 11.7. The largest absolute Gasteiger partial charge is 0.497 e. The molecule has 3 rings (SSSR count). The third-order valence-corrected chi connectivity index (χ3v) is 6.77. The van der Waals surface area contributed by atoms with Gasteiger partial charge in [0.15, 0.2) is 5.13 Å². The number of piperidine rings is 1. The number of hydrogen-bond acceptors (Lipinski definition) is 7. The van der Waals surface area contributed by atoms with Crippen LogP contribution in [0.4, 0.5) is 5.13 Å². The Balaban J connectivity index is 1.64. The van der Waals surface area contributed by atoms with Crippen molar-refractivity contribution in [1.82, 2.24) is 15.2 Å². The highest BCUT2D eigenvalue weighted by Crippen LogP contribution is 2.25. The van der Waals surface area contributed by atoms with Gasteiger partial charge < -0.3 is 20.1 Å². The van der Waals surface area contributed by atoms with E-state index in [1.165, 1.54) is 32.0 Å². The lowest BCUT2D eigenvalue weighted by Crippen LogP contribution is -2.47. The van der Waals surface area contributed by atoms with Crippen LogP contribution in [0.1, 0.15) is 50.2 Å². The van der Waals surface area contributed by atoms with E-state index in [1.54, 1.807) is 18.2 Å². The first-order valence-corrected chi connectivity index (χ1v) is 12.6. The average molecular weight is 489 g/mol. The van der Waals surface area contributed by atoms with E-state index < -0.39 is 6.04 Å². The van der Waals surface area contributed by atoms with E-state index >= 15 is 0 Å². The molecule has 0 bridgehead atoms. The first kappa shape index (κ1) is 26.0. The van der Waals surface area contributed by atoms with Gasteiger partial charge in [0.25, 0.3) is 5.91 Å². The normalized spacial score (nSPS) is 19.5. The minimum absolute atomic E-state index is 0.118. The number of aromatic nitrogens is 1. The Kier molecular flexibility index (Phi) is 8.90. The lowest BCUT2D eigenvalue weighted by Gasteiger charge is -2.34. The molecule has 186 valence electrons. The van der Waals surface area contributed by atoms with Crippen LogP contribution in [0.3, 0.4) is 0 Å². The molecule has 8 nitrogen and oxygen atoms in total. The number of ether oxygens (including phenoxy) is 2. The Labute approximate surface area is 206 Å². The minimum Gasteiger partial charge on any atom is -0.497 e. The zero-order chi connectivity index (χ0) is 24.8. The fraction of sp³-hybridized carbons (Fsp3) is 0.560. The van der Waals surface area contributed by atoms with Crippen LogP contribution in [-0.2, 0) is 11.3 Å². The summed E-state index contributed by atoms with van der Waals surface area (Å²) in [6, 6.07) is 4.20. The Morgan fingerprint density at radius 2 is 1.74 bits per heavy atom. The van der Waals surface area contributed by atoms with Gasteiger partial charge in [0, 0.05) is 36.6 Å². The summed E-state index contributed by atoms with van der Waals surface area (Å²) in [6.45, 7) is 11.3. The topological polar surface area (TPSA) is 92.8 Å². The summed E-state index contributed by atoms with van der Waals surface area (Å²) in [5, 5.41) is 8.26.